The van der Waals surface area contributed by atoms with Crippen molar-refractivity contribution in [3.63, 3.8) is 0 Å². The van der Waals surface area contributed by atoms with Crippen LogP contribution in [0.3, 0.4) is 0 Å². The van der Waals surface area contributed by atoms with Crippen LogP contribution in [-0.4, -0.2) is 49.2 Å². The fourth-order valence-corrected chi connectivity index (χ4v) is 8.38. The van der Waals surface area contributed by atoms with Gasteiger partial charge in [0.2, 0.25) is 0 Å². The van der Waals surface area contributed by atoms with Crippen molar-refractivity contribution in [3.05, 3.63) is 41.8 Å². The number of hydrogen-bond acceptors (Lipinski definition) is 7. The Morgan fingerprint density at radius 1 is 1.30 bits per heavy atom. The van der Waals surface area contributed by atoms with E-state index in [4.69, 9.17) is 0 Å². The Labute approximate surface area is 199 Å². The number of fused-ring (bicyclic) bond motifs is 5. The highest BCUT2D eigenvalue weighted by Crippen LogP contribution is 2.67. The molecule has 2 N–H and O–H groups in total. The molecule has 0 spiro atoms. The summed E-state index contributed by atoms with van der Waals surface area (Å²) in [7, 11) is 0. The number of aliphatic hydroxyl groups excluding tert-OH is 1. The molecule has 176 valence electrons. The van der Waals surface area contributed by atoms with Crippen molar-refractivity contribution in [2.75, 3.05) is 5.75 Å². The molecule has 4 aliphatic rings. The zero-order chi connectivity index (χ0) is 23.6. The summed E-state index contributed by atoms with van der Waals surface area (Å²) in [5.41, 5.74) is -0.538. The average molecular weight is 469 g/mol. The van der Waals surface area contributed by atoms with Crippen LogP contribution in [0.5, 0.6) is 0 Å². The summed E-state index contributed by atoms with van der Waals surface area (Å²) in [4.78, 5) is 34.0. The van der Waals surface area contributed by atoms with Gasteiger partial charge in [-0.15, -0.1) is 0 Å². The van der Waals surface area contributed by atoms with Gasteiger partial charge in [0.25, 0.3) is 0 Å². The largest absolute Gasteiger partial charge is 0.393 e. The highest BCUT2D eigenvalue weighted by Gasteiger charge is 2.67. The van der Waals surface area contributed by atoms with Crippen LogP contribution >= 0.6 is 11.8 Å². The molecule has 1 aromatic heterocycles. The molecule has 6 nitrogen and oxygen atoms in total. The summed E-state index contributed by atoms with van der Waals surface area (Å²) >= 11 is 1.26. The van der Waals surface area contributed by atoms with E-state index in [9.17, 15) is 19.8 Å². The number of carbonyl (C=O) groups is 2. The van der Waals surface area contributed by atoms with Gasteiger partial charge in [0.1, 0.15) is 5.60 Å². The normalized spacial score (nSPS) is 41.7. The van der Waals surface area contributed by atoms with Gasteiger partial charge in [0, 0.05) is 28.6 Å². The van der Waals surface area contributed by atoms with E-state index < -0.39 is 17.1 Å². The van der Waals surface area contributed by atoms with Gasteiger partial charge in [0.15, 0.2) is 16.7 Å². The zero-order valence-electron chi connectivity index (χ0n) is 19.5. The molecular weight excluding hydrogens is 436 g/mol. The van der Waals surface area contributed by atoms with Gasteiger partial charge < -0.3 is 10.2 Å². The zero-order valence-corrected chi connectivity index (χ0v) is 20.3. The van der Waals surface area contributed by atoms with Crippen molar-refractivity contribution >= 4 is 23.3 Å². The second-order valence-corrected chi connectivity index (χ2v) is 11.7. The third-order valence-electron chi connectivity index (χ3n) is 9.21. The van der Waals surface area contributed by atoms with Crippen LogP contribution < -0.4 is 0 Å². The lowest BCUT2D eigenvalue weighted by Gasteiger charge is -2.59. The molecule has 0 saturated heterocycles. The molecule has 0 amide bonds. The molecule has 0 bridgehead atoms. The lowest BCUT2D eigenvalue weighted by atomic mass is 9.46. The standard InChI is InChI=1S/C26H32N2O4S/c1-15-8-11-27-23(28-15)33-14-21(31)26(32)10-7-19-18-5-4-16-12-17(29)6-9-24(16,2)22(18)20(30)13-25(19,26)3/h6,8-9,11-12,18-20,22,30,32H,4-5,7,10,13-14H2,1-3H3/t18?,19?,20?,22?,24?,25?,26-/m0/s1. The minimum Gasteiger partial charge on any atom is -0.393 e. The summed E-state index contributed by atoms with van der Waals surface area (Å²) < 4.78 is 0. The van der Waals surface area contributed by atoms with Crippen LogP contribution in [0.4, 0.5) is 0 Å². The van der Waals surface area contributed by atoms with Gasteiger partial charge >= 0.3 is 0 Å². The Morgan fingerprint density at radius 3 is 2.85 bits per heavy atom. The number of thioether (sulfide) groups is 1. The topological polar surface area (TPSA) is 100 Å². The quantitative estimate of drug-likeness (QED) is 0.516. The third kappa shape index (κ3) is 3.38. The van der Waals surface area contributed by atoms with E-state index in [1.807, 2.05) is 26.0 Å². The molecular formula is C26H32N2O4S. The van der Waals surface area contributed by atoms with E-state index in [-0.39, 0.29) is 40.5 Å². The molecule has 4 aliphatic carbocycles. The number of aromatic nitrogens is 2. The lowest BCUT2D eigenvalue weighted by Crippen LogP contribution is -2.61. The third-order valence-corrected chi connectivity index (χ3v) is 10.1. The molecule has 33 heavy (non-hydrogen) atoms. The number of rotatable bonds is 4. The number of aryl methyl sites for hydroxylation is 1. The second kappa shape index (κ2) is 7.85. The van der Waals surface area contributed by atoms with Gasteiger partial charge in [-0.05, 0) is 69.1 Å². The molecule has 0 aliphatic heterocycles. The van der Waals surface area contributed by atoms with Crippen molar-refractivity contribution < 1.29 is 19.8 Å². The number of carbonyl (C=O) groups excluding carboxylic acids is 2. The molecule has 0 radical (unpaired) electrons. The van der Waals surface area contributed by atoms with Crippen molar-refractivity contribution in [2.24, 2.45) is 28.6 Å². The SMILES string of the molecule is Cc1ccnc(SCC(=O)[C@@]2(O)CCC3C4CCC5=CC(=O)C=CC5(C)C4C(O)CC32C)n1. The van der Waals surface area contributed by atoms with Crippen LogP contribution in [0, 0.1) is 35.5 Å². The highest BCUT2D eigenvalue weighted by atomic mass is 32.2. The van der Waals surface area contributed by atoms with E-state index in [0.717, 1.165) is 30.5 Å². The Balaban J connectivity index is 1.40. The first-order valence-corrected chi connectivity index (χ1v) is 12.9. The molecule has 6 unspecified atom stereocenters. The maximum atomic E-state index is 13.4. The fourth-order valence-electron chi connectivity index (χ4n) is 7.53. The summed E-state index contributed by atoms with van der Waals surface area (Å²) in [6.07, 6.45) is 9.67. The number of aliphatic hydroxyl groups is 2. The van der Waals surface area contributed by atoms with Gasteiger partial charge in [-0.25, -0.2) is 9.97 Å². The van der Waals surface area contributed by atoms with Gasteiger partial charge in [-0.1, -0.05) is 37.3 Å². The van der Waals surface area contributed by atoms with Crippen LogP contribution in [-0.2, 0) is 9.59 Å². The maximum Gasteiger partial charge on any atom is 0.188 e. The number of hydrogen-bond donors (Lipinski definition) is 2. The molecule has 1 heterocycles. The predicted octanol–water partition coefficient (Wildman–Crippen LogP) is 3.46. The molecule has 3 fully saturated rings. The summed E-state index contributed by atoms with van der Waals surface area (Å²) in [6.45, 7) is 6.02. The van der Waals surface area contributed by atoms with Gasteiger partial charge in [0.05, 0.1) is 11.9 Å². The van der Waals surface area contributed by atoms with Crippen molar-refractivity contribution in [1.29, 1.82) is 0 Å². The van der Waals surface area contributed by atoms with E-state index in [2.05, 4.69) is 16.9 Å². The fraction of sp³-hybridized carbons (Fsp3) is 0.615. The predicted molar refractivity (Wildman–Crippen MR) is 125 cm³/mol. The van der Waals surface area contributed by atoms with E-state index in [1.54, 1.807) is 18.3 Å². The molecule has 0 aromatic carbocycles. The van der Waals surface area contributed by atoms with Crippen LogP contribution in [0.1, 0.15) is 51.6 Å². The first-order chi connectivity index (χ1) is 15.6. The summed E-state index contributed by atoms with van der Waals surface area (Å²) in [5, 5.41) is 23.8. The second-order valence-electron chi connectivity index (χ2n) is 10.8. The molecule has 7 atom stereocenters. The van der Waals surface area contributed by atoms with Gasteiger partial charge in [-0.3, -0.25) is 9.59 Å². The van der Waals surface area contributed by atoms with Crippen molar-refractivity contribution in [3.8, 4) is 0 Å². The lowest BCUT2D eigenvalue weighted by molar-refractivity contribution is -0.174. The minimum atomic E-state index is -1.46. The molecule has 1 aromatic rings. The van der Waals surface area contributed by atoms with Crippen LogP contribution in [0.25, 0.3) is 0 Å². The Bertz CT molecular complexity index is 1070. The van der Waals surface area contributed by atoms with Crippen molar-refractivity contribution in [1.82, 2.24) is 9.97 Å². The monoisotopic (exact) mass is 468 g/mol. The first-order valence-electron chi connectivity index (χ1n) is 11.9. The maximum absolute atomic E-state index is 13.4. The minimum absolute atomic E-state index is 0.00699. The number of allylic oxidation sites excluding steroid dienone is 4. The van der Waals surface area contributed by atoms with E-state index >= 15 is 0 Å². The average Bonchev–Trinajstić information content (AvgIpc) is 3.03. The Kier molecular flexibility index (Phi) is 5.46. The van der Waals surface area contributed by atoms with Gasteiger partial charge in [-0.2, -0.15) is 0 Å². The van der Waals surface area contributed by atoms with E-state index in [1.165, 1.54) is 11.8 Å². The molecule has 3 saturated carbocycles. The number of ketones is 2. The van der Waals surface area contributed by atoms with Crippen molar-refractivity contribution in [2.45, 2.75) is 69.7 Å². The first kappa shape index (κ1) is 22.9. The summed E-state index contributed by atoms with van der Waals surface area (Å²) in [5.74, 6) is 0.290. The molecule has 5 rings (SSSR count). The van der Waals surface area contributed by atoms with Crippen LogP contribution in [0.2, 0.25) is 0 Å². The number of Topliss-reactive ketones (excluding diaryl/α,β-unsaturated/α-hetero) is 1. The number of nitrogens with zero attached hydrogens (tertiary/aromatic N) is 2. The Morgan fingerprint density at radius 2 is 2.09 bits per heavy atom. The summed E-state index contributed by atoms with van der Waals surface area (Å²) in [6, 6.07) is 1.81. The smallest absolute Gasteiger partial charge is 0.188 e. The Hall–Kier alpha value is -1.83. The molecule has 7 heteroatoms. The van der Waals surface area contributed by atoms with E-state index in [0.29, 0.717) is 18.0 Å². The van der Waals surface area contributed by atoms with Crippen LogP contribution in [0.15, 0.2) is 41.2 Å². The highest BCUT2D eigenvalue weighted by molar-refractivity contribution is 7.99.